The SMILES string of the molecule is COc1ccc(C=CC(=O)c2cc(OC)c(OC)c(OC)c2)cc1OC(=O)CSC(=O)CC(C)SCCNC(C)=O. The lowest BCUT2D eigenvalue weighted by atomic mass is 10.1. The van der Waals surface area contributed by atoms with Crippen molar-refractivity contribution in [1.82, 2.24) is 5.32 Å². The molecule has 0 saturated carbocycles. The maximum absolute atomic E-state index is 12.9. The van der Waals surface area contributed by atoms with Gasteiger partial charge >= 0.3 is 5.97 Å². The summed E-state index contributed by atoms with van der Waals surface area (Å²) in [5, 5.41) is 2.63. The molecule has 0 heterocycles. The largest absolute Gasteiger partial charge is 0.493 e. The third-order valence-corrected chi connectivity index (χ3v) is 7.52. The smallest absolute Gasteiger partial charge is 0.321 e. The zero-order valence-corrected chi connectivity index (χ0v) is 25.6. The van der Waals surface area contributed by atoms with Crippen LogP contribution in [0.2, 0.25) is 0 Å². The molecule has 0 spiro atoms. The van der Waals surface area contributed by atoms with Gasteiger partial charge in [-0.15, -0.1) is 0 Å². The van der Waals surface area contributed by atoms with Gasteiger partial charge in [0, 0.05) is 36.5 Å². The van der Waals surface area contributed by atoms with Crippen LogP contribution in [0, 0.1) is 0 Å². The van der Waals surface area contributed by atoms with E-state index in [1.54, 1.807) is 48.2 Å². The number of esters is 1. The second kappa shape index (κ2) is 17.2. The van der Waals surface area contributed by atoms with Crippen molar-refractivity contribution < 1.29 is 42.9 Å². The molecule has 0 bridgehead atoms. The van der Waals surface area contributed by atoms with E-state index >= 15 is 0 Å². The first-order valence-corrected chi connectivity index (χ1v) is 14.6. The van der Waals surface area contributed by atoms with E-state index in [0.717, 1.165) is 11.8 Å². The molecule has 2 aromatic carbocycles. The van der Waals surface area contributed by atoms with Crippen LogP contribution in [0.1, 0.15) is 36.2 Å². The number of ether oxygens (including phenoxy) is 5. The first-order chi connectivity index (χ1) is 19.6. The molecular formula is C29H35NO9S2. The number of hydrogen-bond donors (Lipinski definition) is 1. The summed E-state index contributed by atoms with van der Waals surface area (Å²) in [6, 6.07) is 8.00. The monoisotopic (exact) mass is 605 g/mol. The van der Waals surface area contributed by atoms with E-state index in [4.69, 9.17) is 23.7 Å². The number of ketones is 1. The molecule has 0 fully saturated rings. The summed E-state index contributed by atoms with van der Waals surface area (Å²) >= 11 is 2.46. The first kappa shape index (κ1) is 33.6. The van der Waals surface area contributed by atoms with Crippen LogP contribution >= 0.6 is 23.5 Å². The predicted molar refractivity (Wildman–Crippen MR) is 161 cm³/mol. The number of nitrogens with one attached hydrogen (secondary N) is 1. The van der Waals surface area contributed by atoms with Gasteiger partial charge in [-0.25, -0.2) is 0 Å². The Balaban J connectivity index is 2.00. The molecule has 1 atom stereocenters. The lowest BCUT2D eigenvalue weighted by Gasteiger charge is -2.13. The van der Waals surface area contributed by atoms with E-state index in [9.17, 15) is 19.2 Å². The van der Waals surface area contributed by atoms with Gasteiger partial charge in [-0.05, 0) is 35.9 Å². The van der Waals surface area contributed by atoms with E-state index < -0.39 is 5.97 Å². The maximum atomic E-state index is 12.9. The van der Waals surface area contributed by atoms with Crippen LogP contribution in [0.25, 0.3) is 6.08 Å². The zero-order chi connectivity index (χ0) is 30.4. The van der Waals surface area contributed by atoms with Crippen LogP contribution in [0.15, 0.2) is 36.4 Å². The molecule has 0 aliphatic rings. The Morgan fingerprint density at radius 1 is 0.902 bits per heavy atom. The standard InChI is InChI=1S/C29H35NO9S2/c1-18(40-12-11-30-19(2)31)13-28(34)41-17-27(33)39-24-14-20(8-10-23(24)35-3)7-9-22(32)21-15-25(36-4)29(38-6)26(16-21)37-5/h7-10,14-16,18H,11-13,17H2,1-6H3,(H,30,31). The Bertz CT molecular complexity index is 1240. The minimum Gasteiger partial charge on any atom is -0.493 e. The van der Waals surface area contributed by atoms with Crippen LogP contribution in [0.5, 0.6) is 28.7 Å². The Kier molecular flexibility index (Phi) is 14.1. The van der Waals surface area contributed by atoms with Crippen molar-refractivity contribution in [3.05, 3.63) is 47.5 Å². The molecule has 0 aromatic heterocycles. The third kappa shape index (κ3) is 11.0. The molecular weight excluding hydrogens is 570 g/mol. The molecule has 10 nitrogen and oxygen atoms in total. The molecule has 0 saturated heterocycles. The van der Waals surface area contributed by atoms with Crippen molar-refractivity contribution in [2.24, 2.45) is 0 Å². The second-order valence-electron chi connectivity index (χ2n) is 8.53. The van der Waals surface area contributed by atoms with Crippen LogP contribution in [-0.2, 0) is 14.4 Å². The number of thioether (sulfide) groups is 2. The van der Waals surface area contributed by atoms with Gasteiger partial charge in [0.25, 0.3) is 0 Å². The van der Waals surface area contributed by atoms with E-state index in [1.165, 1.54) is 41.4 Å². The Hall–Kier alpha value is -3.64. The Morgan fingerprint density at radius 3 is 2.15 bits per heavy atom. The van der Waals surface area contributed by atoms with E-state index in [1.807, 2.05) is 6.92 Å². The van der Waals surface area contributed by atoms with E-state index in [0.29, 0.717) is 46.4 Å². The molecule has 0 aliphatic carbocycles. The highest BCUT2D eigenvalue weighted by atomic mass is 32.2. The highest BCUT2D eigenvalue weighted by Gasteiger charge is 2.17. The Labute approximate surface area is 248 Å². The lowest BCUT2D eigenvalue weighted by Crippen LogP contribution is -2.23. The number of benzene rings is 2. The van der Waals surface area contributed by atoms with Gasteiger partial charge in [-0.1, -0.05) is 30.8 Å². The van der Waals surface area contributed by atoms with Gasteiger partial charge in [0.2, 0.25) is 11.7 Å². The maximum Gasteiger partial charge on any atom is 0.321 e. The number of methoxy groups -OCH3 is 4. The summed E-state index contributed by atoms with van der Waals surface area (Å²) in [7, 11) is 5.85. The summed E-state index contributed by atoms with van der Waals surface area (Å²) in [6.07, 6.45) is 3.23. The van der Waals surface area contributed by atoms with Crippen LogP contribution in [0.3, 0.4) is 0 Å². The highest BCUT2D eigenvalue weighted by molar-refractivity contribution is 8.14. The van der Waals surface area contributed by atoms with Crippen molar-refractivity contribution in [2.45, 2.75) is 25.5 Å². The average molecular weight is 606 g/mol. The number of carbonyl (C=O) groups excluding carboxylic acids is 4. The minimum absolute atomic E-state index is 0.0474. The van der Waals surface area contributed by atoms with Crippen molar-refractivity contribution in [3.8, 4) is 28.7 Å². The lowest BCUT2D eigenvalue weighted by molar-refractivity contribution is -0.131. The summed E-state index contributed by atoms with van der Waals surface area (Å²) in [6.45, 7) is 3.91. The predicted octanol–water partition coefficient (Wildman–Crippen LogP) is 4.43. The molecule has 12 heteroatoms. The molecule has 1 amide bonds. The Morgan fingerprint density at radius 2 is 1.56 bits per heavy atom. The van der Waals surface area contributed by atoms with Crippen LogP contribution in [0.4, 0.5) is 0 Å². The number of carbonyl (C=O) groups is 4. The normalized spacial score (nSPS) is 11.5. The average Bonchev–Trinajstić information content (AvgIpc) is 2.96. The third-order valence-electron chi connectivity index (χ3n) is 5.47. The number of amides is 1. The summed E-state index contributed by atoms with van der Waals surface area (Å²) in [4.78, 5) is 48.6. The first-order valence-electron chi connectivity index (χ1n) is 12.5. The zero-order valence-electron chi connectivity index (χ0n) is 23.9. The molecule has 41 heavy (non-hydrogen) atoms. The highest BCUT2D eigenvalue weighted by Crippen LogP contribution is 2.38. The van der Waals surface area contributed by atoms with E-state index in [-0.39, 0.29) is 40.0 Å². The fourth-order valence-corrected chi connectivity index (χ4v) is 5.20. The molecule has 1 N–H and O–H groups in total. The number of allylic oxidation sites excluding steroid dienone is 1. The molecule has 1 unspecified atom stereocenters. The second-order valence-corrected chi connectivity index (χ2v) is 11.1. The molecule has 0 radical (unpaired) electrons. The summed E-state index contributed by atoms with van der Waals surface area (Å²) in [5.41, 5.74) is 0.918. The summed E-state index contributed by atoms with van der Waals surface area (Å²) in [5.74, 6) is 1.10. The minimum atomic E-state index is -0.609. The van der Waals surface area contributed by atoms with Gasteiger partial charge in [-0.2, -0.15) is 11.8 Å². The molecule has 222 valence electrons. The van der Waals surface area contributed by atoms with E-state index in [2.05, 4.69) is 5.32 Å². The fourth-order valence-electron chi connectivity index (χ4n) is 3.50. The van der Waals surface area contributed by atoms with Gasteiger partial charge in [-0.3, -0.25) is 19.2 Å². The number of hydrogen-bond acceptors (Lipinski definition) is 11. The van der Waals surface area contributed by atoms with Gasteiger partial charge < -0.3 is 29.0 Å². The van der Waals surface area contributed by atoms with Crippen LogP contribution < -0.4 is 29.0 Å². The summed E-state index contributed by atoms with van der Waals surface area (Å²) < 4.78 is 26.7. The molecule has 0 aliphatic heterocycles. The molecule has 2 rings (SSSR count). The molecule has 2 aromatic rings. The quantitative estimate of drug-likeness (QED) is 0.0960. The topological polar surface area (TPSA) is 126 Å². The van der Waals surface area contributed by atoms with Crippen molar-refractivity contribution in [1.29, 1.82) is 0 Å². The van der Waals surface area contributed by atoms with Gasteiger partial charge in [0.15, 0.2) is 33.9 Å². The fraction of sp³-hybridized carbons (Fsp3) is 0.379. The van der Waals surface area contributed by atoms with Crippen LogP contribution in [-0.4, -0.2) is 74.5 Å². The van der Waals surface area contributed by atoms with Crippen molar-refractivity contribution in [2.75, 3.05) is 46.5 Å². The van der Waals surface area contributed by atoms with Gasteiger partial charge in [0.1, 0.15) is 0 Å². The van der Waals surface area contributed by atoms with Gasteiger partial charge in [0.05, 0.1) is 34.2 Å². The van der Waals surface area contributed by atoms with Crippen molar-refractivity contribution in [3.63, 3.8) is 0 Å². The number of rotatable bonds is 16. The van der Waals surface area contributed by atoms with Crippen molar-refractivity contribution >= 4 is 52.4 Å².